The zero-order valence-electron chi connectivity index (χ0n) is 18.8. The molecule has 7 rings (SSSR count). The Morgan fingerprint density at radius 2 is 1.37 bits per heavy atom. The quantitative estimate of drug-likeness (QED) is 0.201. The van der Waals surface area contributed by atoms with Crippen molar-refractivity contribution in [1.82, 2.24) is 9.55 Å². The molecule has 35 heavy (non-hydrogen) atoms. The van der Waals surface area contributed by atoms with Crippen molar-refractivity contribution in [3.63, 3.8) is 0 Å². The summed E-state index contributed by atoms with van der Waals surface area (Å²) < 4.78 is 3.10. The van der Waals surface area contributed by atoms with Gasteiger partial charge in [0.25, 0.3) is 0 Å². The maximum Gasteiger partial charge on any atom is 0.197 e. The Labute approximate surface area is 204 Å². The summed E-state index contributed by atoms with van der Waals surface area (Å²) in [5.74, 6) is -0.460. The van der Waals surface area contributed by atoms with Crippen molar-refractivity contribution in [3.8, 4) is 11.3 Å². The highest BCUT2D eigenvalue weighted by Crippen LogP contribution is 2.36. The first-order valence-corrected chi connectivity index (χ1v) is 12.2. The van der Waals surface area contributed by atoms with Crippen LogP contribution in [-0.2, 0) is 7.05 Å². The Bertz CT molecular complexity index is 1840. The fourth-order valence-corrected chi connectivity index (χ4v) is 6.02. The molecule has 0 fully saturated rings. The normalized spacial score (nSPS) is 13.3. The Balaban J connectivity index is 1.31. The number of carbonyl (C=O) groups excluding carboxylic acids is 2. The molecule has 0 bridgehead atoms. The first-order chi connectivity index (χ1) is 17.1. The van der Waals surface area contributed by atoms with E-state index in [-0.39, 0.29) is 17.1 Å². The van der Waals surface area contributed by atoms with Crippen molar-refractivity contribution in [1.29, 1.82) is 0 Å². The minimum Gasteiger partial charge on any atom is -0.328 e. The van der Waals surface area contributed by atoms with Gasteiger partial charge in [-0.15, -0.1) is 11.3 Å². The van der Waals surface area contributed by atoms with Gasteiger partial charge in [-0.25, -0.2) is 4.98 Å². The Morgan fingerprint density at radius 1 is 0.743 bits per heavy atom. The van der Waals surface area contributed by atoms with Crippen molar-refractivity contribution in [2.75, 3.05) is 0 Å². The molecule has 0 spiro atoms. The fourth-order valence-electron chi connectivity index (χ4n) is 5.04. The van der Waals surface area contributed by atoms with Crippen LogP contribution in [0.15, 0.2) is 90.5 Å². The summed E-state index contributed by atoms with van der Waals surface area (Å²) in [5, 5.41) is 4.95. The number of aryl methyl sites for hydroxylation is 1. The number of nitrogens with zero attached hydrogens (tertiary/aromatic N) is 2. The van der Waals surface area contributed by atoms with Gasteiger partial charge in [0.2, 0.25) is 0 Å². The van der Waals surface area contributed by atoms with E-state index in [1.807, 2.05) is 49.5 Å². The molecule has 0 amide bonds. The van der Waals surface area contributed by atoms with E-state index in [2.05, 4.69) is 47.0 Å². The summed E-state index contributed by atoms with van der Waals surface area (Å²) >= 11 is 1.49. The standard InChI is InChI=1S/C30H18N2O2S/c1-32-25(21-12-6-10-17-7-4-5-11-20(17)21)16-26-30(32)31-27(35-26)15-24-28(33)22-13-18-8-2-3-9-19(18)14-23(22)29(24)34/h2-16H,1H3. The minimum atomic E-state index is -0.230. The Morgan fingerprint density at radius 3 is 2.06 bits per heavy atom. The molecule has 6 aromatic rings. The summed E-state index contributed by atoms with van der Waals surface area (Å²) in [6.07, 6.45) is 1.65. The van der Waals surface area contributed by atoms with Gasteiger partial charge in [-0.05, 0) is 45.8 Å². The highest BCUT2D eigenvalue weighted by Gasteiger charge is 2.33. The van der Waals surface area contributed by atoms with Crippen LogP contribution in [0.4, 0.5) is 0 Å². The first-order valence-electron chi connectivity index (χ1n) is 11.4. The topological polar surface area (TPSA) is 52.0 Å². The average Bonchev–Trinajstić information content (AvgIpc) is 3.50. The lowest BCUT2D eigenvalue weighted by molar-refractivity contribution is 0.0990. The maximum absolute atomic E-state index is 13.1. The summed E-state index contributed by atoms with van der Waals surface area (Å²) in [7, 11) is 2.00. The summed E-state index contributed by atoms with van der Waals surface area (Å²) in [6, 6.07) is 28.2. The van der Waals surface area contributed by atoms with Crippen molar-refractivity contribution >= 4 is 60.9 Å². The van der Waals surface area contributed by atoms with E-state index in [0.717, 1.165) is 32.4 Å². The first kappa shape index (κ1) is 20.1. The van der Waals surface area contributed by atoms with Crippen LogP contribution in [0.5, 0.6) is 0 Å². The number of allylic oxidation sites excluding steroid dienone is 1. The largest absolute Gasteiger partial charge is 0.328 e. The number of carbonyl (C=O) groups is 2. The molecule has 0 radical (unpaired) electrons. The van der Waals surface area contributed by atoms with Gasteiger partial charge in [0.1, 0.15) is 5.01 Å². The van der Waals surface area contributed by atoms with Crippen molar-refractivity contribution in [2.24, 2.45) is 7.05 Å². The van der Waals surface area contributed by atoms with Crippen LogP contribution in [0.3, 0.4) is 0 Å². The lowest BCUT2D eigenvalue weighted by atomic mass is 10.0. The van der Waals surface area contributed by atoms with E-state index in [4.69, 9.17) is 4.98 Å². The lowest BCUT2D eigenvalue weighted by Gasteiger charge is -2.08. The van der Waals surface area contributed by atoms with Gasteiger partial charge in [-0.1, -0.05) is 66.7 Å². The van der Waals surface area contributed by atoms with Gasteiger partial charge < -0.3 is 4.57 Å². The second-order valence-corrected chi connectivity index (χ2v) is 9.88. The molecule has 166 valence electrons. The molecule has 0 saturated heterocycles. The number of fused-ring (bicyclic) bond motifs is 4. The molecule has 0 saturated carbocycles. The van der Waals surface area contributed by atoms with Crippen LogP contribution in [0.1, 0.15) is 25.7 Å². The van der Waals surface area contributed by atoms with Crippen molar-refractivity contribution < 1.29 is 9.59 Å². The molecular formula is C30H18N2O2S. The van der Waals surface area contributed by atoms with Crippen molar-refractivity contribution in [2.45, 2.75) is 0 Å². The molecule has 5 heteroatoms. The van der Waals surface area contributed by atoms with Crippen LogP contribution < -0.4 is 0 Å². The van der Waals surface area contributed by atoms with Gasteiger partial charge >= 0.3 is 0 Å². The molecule has 0 N–H and O–H groups in total. The number of benzene rings is 4. The summed E-state index contributed by atoms with van der Waals surface area (Å²) in [5.41, 5.74) is 4.20. The van der Waals surface area contributed by atoms with Gasteiger partial charge in [-0.2, -0.15) is 0 Å². The summed E-state index contributed by atoms with van der Waals surface area (Å²) in [6.45, 7) is 0. The van der Waals surface area contributed by atoms with Gasteiger partial charge in [0.05, 0.1) is 16.0 Å². The molecule has 0 unspecified atom stereocenters. The third kappa shape index (κ3) is 2.95. The Kier molecular flexibility index (Phi) is 4.20. The molecule has 4 nitrogen and oxygen atoms in total. The number of rotatable bonds is 2. The van der Waals surface area contributed by atoms with Crippen LogP contribution in [-0.4, -0.2) is 21.1 Å². The van der Waals surface area contributed by atoms with Crippen LogP contribution in [0, 0.1) is 0 Å². The molecule has 0 aliphatic heterocycles. The highest BCUT2D eigenvalue weighted by atomic mass is 32.1. The predicted molar refractivity (Wildman–Crippen MR) is 142 cm³/mol. The monoisotopic (exact) mass is 470 g/mol. The van der Waals surface area contributed by atoms with Gasteiger partial charge in [-0.3, -0.25) is 9.59 Å². The van der Waals surface area contributed by atoms with E-state index in [1.165, 1.54) is 22.1 Å². The van der Waals surface area contributed by atoms with Crippen LogP contribution in [0.25, 0.3) is 49.2 Å². The molecule has 1 aliphatic carbocycles. The molecule has 2 heterocycles. The van der Waals surface area contributed by atoms with Gasteiger partial charge in [0, 0.05) is 23.7 Å². The minimum absolute atomic E-state index is 0.184. The van der Waals surface area contributed by atoms with E-state index in [9.17, 15) is 9.59 Å². The molecule has 0 atom stereocenters. The van der Waals surface area contributed by atoms with Crippen molar-refractivity contribution in [3.05, 3.63) is 107 Å². The fraction of sp³-hybridized carbons (Fsp3) is 0.0333. The number of aromatic nitrogens is 2. The van der Waals surface area contributed by atoms with Gasteiger partial charge in [0.15, 0.2) is 17.2 Å². The van der Waals surface area contributed by atoms with E-state index < -0.39 is 0 Å². The Hall–Kier alpha value is -4.35. The highest BCUT2D eigenvalue weighted by molar-refractivity contribution is 7.19. The molecule has 4 aromatic carbocycles. The lowest BCUT2D eigenvalue weighted by Crippen LogP contribution is -2.00. The number of hydrogen-bond acceptors (Lipinski definition) is 4. The second kappa shape index (κ2) is 7.32. The number of ketones is 2. The van der Waals surface area contributed by atoms with Crippen LogP contribution in [0.2, 0.25) is 0 Å². The zero-order valence-corrected chi connectivity index (χ0v) is 19.6. The number of Topliss-reactive ketones (excluding diaryl/α,β-unsaturated/α-hetero) is 2. The van der Waals surface area contributed by atoms with E-state index >= 15 is 0 Å². The molecular weight excluding hydrogens is 452 g/mol. The number of thiazole rings is 1. The van der Waals surface area contributed by atoms with E-state index in [0.29, 0.717) is 16.1 Å². The maximum atomic E-state index is 13.1. The summed E-state index contributed by atoms with van der Waals surface area (Å²) in [4.78, 5) is 31.0. The second-order valence-electron chi connectivity index (χ2n) is 8.82. The van der Waals surface area contributed by atoms with E-state index in [1.54, 1.807) is 6.08 Å². The third-order valence-corrected chi connectivity index (χ3v) is 7.73. The average molecular weight is 471 g/mol. The molecule has 1 aliphatic rings. The molecule has 2 aromatic heterocycles. The SMILES string of the molecule is Cn1c(-c2cccc3ccccc23)cc2sc(C=C3C(=O)c4cc5ccccc5cc4C3=O)nc21. The zero-order chi connectivity index (χ0) is 23.7. The third-order valence-electron chi connectivity index (χ3n) is 6.80. The number of hydrogen-bond donors (Lipinski definition) is 0. The predicted octanol–water partition coefficient (Wildman–Crippen LogP) is 7.07. The smallest absolute Gasteiger partial charge is 0.197 e. The van der Waals surface area contributed by atoms with Crippen LogP contribution >= 0.6 is 11.3 Å².